The van der Waals surface area contributed by atoms with Gasteiger partial charge in [-0.15, -0.1) is 0 Å². The fourth-order valence-corrected chi connectivity index (χ4v) is 4.37. The van der Waals surface area contributed by atoms with Crippen molar-refractivity contribution in [2.24, 2.45) is 0 Å². The number of carbonyl (C=O) groups is 3. The van der Waals surface area contributed by atoms with Crippen molar-refractivity contribution in [3.05, 3.63) is 77.1 Å². The molecule has 0 spiro atoms. The molecule has 1 aromatic heterocycles. The third-order valence-electron chi connectivity index (χ3n) is 5.40. The smallest absolute Gasteiger partial charge is 0.262 e. The van der Waals surface area contributed by atoms with Gasteiger partial charge < -0.3 is 10.6 Å². The van der Waals surface area contributed by atoms with Crippen molar-refractivity contribution in [1.82, 2.24) is 14.9 Å². The topological polar surface area (TPSA) is 104 Å². The van der Waals surface area contributed by atoms with Gasteiger partial charge in [0, 0.05) is 22.8 Å². The number of anilines is 3. The highest BCUT2D eigenvalue weighted by Crippen LogP contribution is 2.27. The molecule has 1 aliphatic heterocycles. The van der Waals surface area contributed by atoms with Crippen LogP contribution in [0, 0.1) is 13.8 Å². The number of amides is 3. The zero-order valence-corrected chi connectivity index (χ0v) is 20.0. The number of carbonyl (C=O) groups excluding carboxylic acids is 3. The Bertz CT molecular complexity index is 1210. The molecule has 0 saturated carbocycles. The van der Waals surface area contributed by atoms with Crippen molar-refractivity contribution in [3.8, 4) is 0 Å². The third-order valence-corrected chi connectivity index (χ3v) is 6.05. The number of nitrogens with one attached hydrogen (secondary N) is 2. The zero-order valence-electron chi connectivity index (χ0n) is 19.2. The Morgan fingerprint density at radius 1 is 0.941 bits per heavy atom. The standard InChI is InChI=1S/C25H25N5O3S/c1-15-13-16(2)27-25(26-15)29-18-8-6-7-17(14-18)28-22(31)21(11-12-34-3)30-23(32)19-9-4-5-10-20(19)24(30)33/h4-10,13-14,21H,11-12H2,1-3H3,(H,28,31)(H,26,27,29). The lowest BCUT2D eigenvalue weighted by Gasteiger charge is -2.25. The van der Waals surface area contributed by atoms with Gasteiger partial charge in [-0.25, -0.2) is 9.97 Å². The van der Waals surface area contributed by atoms with Crippen molar-refractivity contribution in [2.75, 3.05) is 22.6 Å². The molecule has 3 amide bonds. The SMILES string of the molecule is CSCCC(C(=O)Nc1cccc(Nc2nc(C)cc(C)n2)c1)N1C(=O)c2ccccc2C1=O. The Balaban J connectivity index is 1.54. The van der Waals surface area contributed by atoms with E-state index in [2.05, 4.69) is 20.6 Å². The monoisotopic (exact) mass is 475 g/mol. The first-order valence-electron chi connectivity index (χ1n) is 10.8. The summed E-state index contributed by atoms with van der Waals surface area (Å²) in [6.45, 7) is 3.79. The first-order valence-corrected chi connectivity index (χ1v) is 12.2. The number of hydrogen-bond acceptors (Lipinski definition) is 7. The summed E-state index contributed by atoms with van der Waals surface area (Å²) in [5.74, 6) is -0.210. The molecule has 0 aliphatic carbocycles. The van der Waals surface area contributed by atoms with Crippen LogP contribution in [0.25, 0.3) is 0 Å². The first kappa shape index (κ1) is 23.4. The van der Waals surface area contributed by atoms with Gasteiger partial charge in [0.25, 0.3) is 11.8 Å². The first-order chi connectivity index (χ1) is 16.4. The van der Waals surface area contributed by atoms with E-state index in [1.807, 2.05) is 32.2 Å². The second kappa shape index (κ2) is 10.0. The number of aryl methyl sites for hydroxylation is 2. The molecule has 8 nitrogen and oxygen atoms in total. The summed E-state index contributed by atoms with van der Waals surface area (Å²) in [7, 11) is 0. The van der Waals surface area contributed by atoms with Crippen molar-refractivity contribution < 1.29 is 14.4 Å². The number of nitrogens with zero attached hydrogens (tertiary/aromatic N) is 3. The van der Waals surface area contributed by atoms with E-state index in [4.69, 9.17) is 0 Å². The van der Waals surface area contributed by atoms with Crippen LogP contribution in [0.3, 0.4) is 0 Å². The molecular weight excluding hydrogens is 450 g/mol. The zero-order chi connectivity index (χ0) is 24.2. The number of aromatic nitrogens is 2. The predicted octanol–water partition coefficient (Wildman–Crippen LogP) is 4.19. The van der Waals surface area contributed by atoms with Crippen LogP contribution in [0.1, 0.15) is 38.5 Å². The molecule has 0 fully saturated rings. The molecule has 3 aromatic rings. The third kappa shape index (κ3) is 4.94. The second-order valence-corrected chi connectivity index (χ2v) is 8.98. The van der Waals surface area contributed by atoms with Crippen LogP contribution in [-0.4, -0.2) is 50.6 Å². The van der Waals surface area contributed by atoms with Crippen LogP contribution < -0.4 is 10.6 Å². The summed E-state index contributed by atoms with van der Waals surface area (Å²) in [5, 5.41) is 6.02. The lowest BCUT2D eigenvalue weighted by Crippen LogP contribution is -2.47. The summed E-state index contributed by atoms with van der Waals surface area (Å²) >= 11 is 1.55. The quantitative estimate of drug-likeness (QED) is 0.471. The molecule has 2 heterocycles. The van der Waals surface area contributed by atoms with Gasteiger partial charge in [0.15, 0.2) is 0 Å². The molecular formula is C25H25N5O3S. The van der Waals surface area contributed by atoms with Crippen LogP contribution in [0.2, 0.25) is 0 Å². The van der Waals surface area contributed by atoms with Gasteiger partial charge in [-0.1, -0.05) is 18.2 Å². The fourth-order valence-electron chi connectivity index (χ4n) is 3.91. The summed E-state index contributed by atoms with van der Waals surface area (Å²) in [6, 6.07) is 14.8. The average Bonchev–Trinajstić information content (AvgIpc) is 3.04. The maximum absolute atomic E-state index is 13.3. The van der Waals surface area contributed by atoms with E-state index >= 15 is 0 Å². The fraction of sp³-hybridized carbons (Fsp3) is 0.240. The highest BCUT2D eigenvalue weighted by Gasteiger charge is 2.42. The number of benzene rings is 2. The molecule has 2 N–H and O–H groups in total. The molecule has 34 heavy (non-hydrogen) atoms. The van der Waals surface area contributed by atoms with Gasteiger partial charge in [-0.05, 0) is 68.7 Å². The lowest BCUT2D eigenvalue weighted by molar-refractivity contribution is -0.120. The molecule has 9 heteroatoms. The van der Waals surface area contributed by atoms with Gasteiger partial charge in [0.2, 0.25) is 11.9 Å². The van der Waals surface area contributed by atoms with Gasteiger partial charge in [-0.2, -0.15) is 11.8 Å². The van der Waals surface area contributed by atoms with E-state index in [0.717, 1.165) is 16.3 Å². The van der Waals surface area contributed by atoms with E-state index in [9.17, 15) is 14.4 Å². The normalized spacial score (nSPS) is 13.6. The van der Waals surface area contributed by atoms with Crippen LogP contribution in [0.5, 0.6) is 0 Å². The summed E-state index contributed by atoms with van der Waals surface area (Å²) in [5.41, 5.74) is 3.58. The maximum atomic E-state index is 13.3. The molecule has 0 saturated heterocycles. The van der Waals surface area contributed by atoms with E-state index in [1.54, 1.807) is 54.2 Å². The number of rotatable bonds is 8. The van der Waals surface area contributed by atoms with E-state index < -0.39 is 23.8 Å². The average molecular weight is 476 g/mol. The van der Waals surface area contributed by atoms with Crippen molar-refractivity contribution in [3.63, 3.8) is 0 Å². The van der Waals surface area contributed by atoms with E-state index in [0.29, 0.717) is 40.6 Å². The largest absolute Gasteiger partial charge is 0.324 e. The molecule has 174 valence electrons. The van der Waals surface area contributed by atoms with Gasteiger partial charge in [-0.3, -0.25) is 19.3 Å². The van der Waals surface area contributed by atoms with Crippen LogP contribution in [0.15, 0.2) is 54.6 Å². The van der Waals surface area contributed by atoms with Crippen LogP contribution >= 0.6 is 11.8 Å². The minimum Gasteiger partial charge on any atom is -0.324 e. The van der Waals surface area contributed by atoms with Gasteiger partial charge in [0.05, 0.1) is 11.1 Å². The van der Waals surface area contributed by atoms with Crippen molar-refractivity contribution in [1.29, 1.82) is 0 Å². The number of hydrogen-bond donors (Lipinski definition) is 2. The number of fused-ring (bicyclic) bond motifs is 1. The van der Waals surface area contributed by atoms with E-state index in [1.165, 1.54) is 0 Å². The maximum Gasteiger partial charge on any atom is 0.262 e. The Morgan fingerprint density at radius 3 is 2.18 bits per heavy atom. The highest BCUT2D eigenvalue weighted by atomic mass is 32.2. The molecule has 1 unspecified atom stereocenters. The Kier molecular flexibility index (Phi) is 6.93. The Hall–Kier alpha value is -3.72. The molecule has 1 aliphatic rings. The highest BCUT2D eigenvalue weighted by molar-refractivity contribution is 7.98. The van der Waals surface area contributed by atoms with Crippen molar-refractivity contribution in [2.45, 2.75) is 26.3 Å². The summed E-state index contributed by atoms with van der Waals surface area (Å²) in [4.78, 5) is 49.1. The molecule has 0 radical (unpaired) electrons. The van der Waals surface area contributed by atoms with Crippen molar-refractivity contribution >= 4 is 46.8 Å². The number of thioether (sulfide) groups is 1. The van der Waals surface area contributed by atoms with Crippen LogP contribution in [-0.2, 0) is 4.79 Å². The molecule has 2 aromatic carbocycles. The minimum absolute atomic E-state index is 0.328. The lowest BCUT2D eigenvalue weighted by atomic mass is 10.1. The molecule has 1 atom stereocenters. The Labute approximate surface area is 202 Å². The molecule has 4 rings (SSSR count). The molecule has 0 bridgehead atoms. The predicted molar refractivity (Wildman–Crippen MR) is 134 cm³/mol. The summed E-state index contributed by atoms with van der Waals surface area (Å²) < 4.78 is 0. The summed E-state index contributed by atoms with van der Waals surface area (Å²) in [6.07, 6.45) is 2.27. The van der Waals surface area contributed by atoms with Gasteiger partial charge in [0.1, 0.15) is 6.04 Å². The van der Waals surface area contributed by atoms with Crippen LogP contribution in [0.4, 0.5) is 17.3 Å². The number of imide groups is 1. The second-order valence-electron chi connectivity index (χ2n) is 7.99. The Morgan fingerprint density at radius 2 is 1.56 bits per heavy atom. The van der Waals surface area contributed by atoms with Gasteiger partial charge >= 0.3 is 0 Å². The minimum atomic E-state index is -0.917. The van der Waals surface area contributed by atoms with E-state index in [-0.39, 0.29) is 0 Å².